The molecule has 2 N–H and O–H groups in total. The Balaban J connectivity index is 1.82. The fourth-order valence-electron chi connectivity index (χ4n) is 3.38. The molecule has 0 saturated carbocycles. The van der Waals surface area contributed by atoms with Gasteiger partial charge in [0.05, 0.1) is 11.3 Å². The van der Waals surface area contributed by atoms with Gasteiger partial charge in [-0.25, -0.2) is 4.98 Å². The number of rotatable bonds is 7. The smallest absolute Gasteiger partial charge is 0.255 e. The van der Waals surface area contributed by atoms with Crippen molar-refractivity contribution < 1.29 is 9.59 Å². The van der Waals surface area contributed by atoms with E-state index >= 15 is 0 Å². The molecule has 1 aliphatic heterocycles. The van der Waals surface area contributed by atoms with Crippen LogP contribution in [0.15, 0.2) is 42.6 Å². The van der Waals surface area contributed by atoms with Crippen LogP contribution in [0.5, 0.6) is 0 Å². The van der Waals surface area contributed by atoms with Gasteiger partial charge in [0.2, 0.25) is 5.91 Å². The first-order valence-electron chi connectivity index (χ1n) is 10.1. The standard InChI is InChI=1S/C22H29N5O2/c1-3-7-20(28)25-19-14-18(15-24-21(19)27-12-10-23-11-13-27)22(29)26(2)16-17-8-5-4-6-9-17/h4-6,8-9,14-15,23H,3,7,10-13,16H2,1-2H3,(H,25,28). The lowest BCUT2D eigenvalue weighted by Crippen LogP contribution is -2.44. The molecule has 154 valence electrons. The van der Waals surface area contributed by atoms with Crippen molar-refractivity contribution in [3.05, 3.63) is 53.7 Å². The molecule has 1 aromatic carbocycles. The number of nitrogens with zero attached hydrogens (tertiary/aromatic N) is 3. The Hall–Kier alpha value is -2.93. The average Bonchev–Trinajstić information content (AvgIpc) is 2.74. The molecular formula is C22H29N5O2. The van der Waals surface area contributed by atoms with Crippen LogP contribution in [0.1, 0.15) is 35.7 Å². The lowest BCUT2D eigenvalue weighted by Gasteiger charge is -2.30. The summed E-state index contributed by atoms with van der Waals surface area (Å²) in [6.45, 7) is 5.83. The first kappa shape index (κ1) is 20.8. The number of amides is 2. The number of benzene rings is 1. The number of carbonyl (C=O) groups is 2. The first-order valence-corrected chi connectivity index (χ1v) is 10.1. The van der Waals surface area contributed by atoms with Crippen LogP contribution >= 0.6 is 0 Å². The van der Waals surface area contributed by atoms with E-state index in [2.05, 4.69) is 20.5 Å². The normalized spacial score (nSPS) is 13.8. The summed E-state index contributed by atoms with van der Waals surface area (Å²) in [4.78, 5) is 33.6. The fraction of sp³-hybridized carbons (Fsp3) is 0.409. The van der Waals surface area contributed by atoms with E-state index in [1.165, 1.54) is 0 Å². The van der Waals surface area contributed by atoms with Crippen LogP contribution in [0, 0.1) is 0 Å². The van der Waals surface area contributed by atoms with Crippen LogP contribution in [0.3, 0.4) is 0 Å². The average molecular weight is 396 g/mol. The number of nitrogens with one attached hydrogen (secondary N) is 2. The monoisotopic (exact) mass is 395 g/mol. The van der Waals surface area contributed by atoms with Crippen LogP contribution in [0.25, 0.3) is 0 Å². The van der Waals surface area contributed by atoms with Gasteiger partial charge < -0.3 is 20.4 Å². The first-order chi connectivity index (χ1) is 14.1. The van der Waals surface area contributed by atoms with Gasteiger partial charge in [-0.2, -0.15) is 0 Å². The maximum atomic E-state index is 12.9. The minimum absolute atomic E-state index is 0.0621. The molecule has 1 fully saturated rings. The Labute approximate surface area is 172 Å². The predicted molar refractivity (Wildman–Crippen MR) is 115 cm³/mol. The van der Waals surface area contributed by atoms with Crippen LogP contribution in [0.2, 0.25) is 0 Å². The van der Waals surface area contributed by atoms with E-state index in [0.717, 1.165) is 44.0 Å². The Morgan fingerprint density at radius 1 is 1.21 bits per heavy atom. The van der Waals surface area contributed by atoms with Crippen molar-refractivity contribution in [1.82, 2.24) is 15.2 Å². The molecule has 3 rings (SSSR count). The van der Waals surface area contributed by atoms with Gasteiger partial charge in [0.1, 0.15) is 0 Å². The summed E-state index contributed by atoms with van der Waals surface area (Å²) in [6.07, 6.45) is 2.81. The highest BCUT2D eigenvalue weighted by atomic mass is 16.2. The summed E-state index contributed by atoms with van der Waals surface area (Å²) in [6, 6.07) is 11.6. The van der Waals surface area contributed by atoms with Gasteiger partial charge in [0.25, 0.3) is 5.91 Å². The van der Waals surface area contributed by atoms with Gasteiger partial charge in [-0.1, -0.05) is 37.3 Å². The number of hydrogen-bond donors (Lipinski definition) is 2. The molecule has 7 nitrogen and oxygen atoms in total. The molecule has 7 heteroatoms. The second-order valence-electron chi connectivity index (χ2n) is 7.28. The fourth-order valence-corrected chi connectivity index (χ4v) is 3.38. The van der Waals surface area contributed by atoms with Crippen molar-refractivity contribution in [1.29, 1.82) is 0 Å². The summed E-state index contributed by atoms with van der Waals surface area (Å²) in [7, 11) is 1.77. The lowest BCUT2D eigenvalue weighted by atomic mass is 10.1. The summed E-state index contributed by atoms with van der Waals surface area (Å²) < 4.78 is 0. The third kappa shape index (κ3) is 5.54. The van der Waals surface area contributed by atoms with Gasteiger partial charge in [0, 0.05) is 52.4 Å². The van der Waals surface area contributed by atoms with Gasteiger partial charge >= 0.3 is 0 Å². The van der Waals surface area contributed by atoms with E-state index in [1.54, 1.807) is 24.2 Å². The summed E-state index contributed by atoms with van der Waals surface area (Å²) in [5.74, 6) is 0.533. The number of pyridine rings is 1. The van der Waals surface area contributed by atoms with Gasteiger partial charge in [-0.3, -0.25) is 9.59 Å². The minimum Gasteiger partial charge on any atom is -0.352 e. The molecule has 0 radical (unpaired) electrons. The van der Waals surface area contributed by atoms with Crippen molar-refractivity contribution in [2.45, 2.75) is 26.3 Å². The van der Waals surface area contributed by atoms with E-state index < -0.39 is 0 Å². The van der Waals surface area contributed by atoms with Gasteiger partial charge in [-0.15, -0.1) is 0 Å². The Bertz CT molecular complexity index is 834. The molecule has 2 amide bonds. The van der Waals surface area contributed by atoms with Crippen molar-refractivity contribution in [2.75, 3.05) is 43.4 Å². The molecular weight excluding hydrogens is 366 g/mol. The summed E-state index contributed by atoms with van der Waals surface area (Å²) in [5.41, 5.74) is 2.13. The molecule has 0 atom stereocenters. The zero-order chi connectivity index (χ0) is 20.6. The van der Waals surface area contributed by atoms with E-state index in [0.29, 0.717) is 24.2 Å². The van der Waals surface area contributed by atoms with E-state index in [9.17, 15) is 9.59 Å². The number of aromatic nitrogens is 1. The Morgan fingerprint density at radius 2 is 1.93 bits per heavy atom. The van der Waals surface area contributed by atoms with Crippen molar-refractivity contribution in [2.24, 2.45) is 0 Å². The topological polar surface area (TPSA) is 77.6 Å². The van der Waals surface area contributed by atoms with Crippen LogP contribution in [-0.4, -0.2) is 54.9 Å². The predicted octanol–water partition coefficient (Wildman–Crippen LogP) is 2.50. The SMILES string of the molecule is CCCC(=O)Nc1cc(C(=O)N(C)Cc2ccccc2)cnc1N1CCNCC1. The van der Waals surface area contributed by atoms with Gasteiger partial charge in [-0.05, 0) is 18.1 Å². The zero-order valence-corrected chi connectivity index (χ0v) is 17.1. The maximum absolute atomic E-state index is 12.9. The Morgan fingerprint density at radius 3 is 2.62 bits per heavy atom. The third-order valence-electron chi connectivity index (χ3n) is 4.89. The third-order valence-corrected chi connectivity index (χ3v) is 4.89. The number of piperazine rings is 1. The highest BCUT2D eigenvalue weighted by Crippen LogP contribution is 2.26. The lowest BCUT2D eigenvalue weighted by molar-refractivity contribution is -0.116. The molecule has 2 aromatic rings. The molecule has 1 aromatic heterocycles. The van der Waals surface area contributed by atoms with Crippen molar-refractivity contribution in [3.63, 3.8) is 0 Å². The van der Waals surface area contributed by atoms with E-state index in [-0.39, 0.29) is 11.8 Å². The Kier molecular flexibility index (Phi) is 7.19. The molecule has 1 saturated heterocycles. The largest absolute Gasteiger partial charge is 0.352 e. The van der Waals surface area contributed by atoms with Gasteiger partial charge in [0.15, 0.2) is 5.82 Å². The van der Waals surface area contributed by atoms with Crippen LogP contribution in [-0.2, 0) is 11.3 Å². The molecule has 0 spiro atoms. The molecule has 0 unspecified atom stereocenters. The van der Waals surface area contributed by atoms with Crippen LogP contribution < -0.4 is 15.5 Å². The molecule has 1 aliphatic rings. The highest BCUT2D eigenvalue weighted by molar-refractivity contribution is 5.98. The number of anilines is 2. The summed E-state index contributed by atoms with van der Waals surface area (Å²) in [5, 5.41) is 6.27. The zero-order valence-electron chi connectivity index (χ0n) is 17.1. The van der Waals surface area contributed by atoms with Crippen molar-refractivity contribution in [3.8, 4) is 0 Å². The second-order valence-corrected chi connectivity index (χ2v) is 7.28. The summed E-state index contributed by atoms with van der Waals surface area (Å²) >= 11 is 0. The maximum Gasteiger partial charge on any atom is 0.255 e. The van der Waals surface area contributed by atoms with E-state index in [4.69, 9.17) is 0 Å². The molecule has 2 heterocycles. The minimum atomic E-state index is -0.126. The molecule has 0 bridgehead atoms. The number of hydrogen-bond acceptors (Lipinski definition) is 5. The molecule has 0 aliphatic carbocycles. The molecule has 29 heavy (non-hydrogen) atoms. The number of carbonyl (C=O) groups excluding carboxylic acids is 2. The highest BCUT2D eigenvalue weighted by Gasteiger charge is 2.20. The second kappa shape index (κ2) is 10.0. The van der Waals surface area contributed by atoms with E-state index in [1.807, 2.05) is 37.3 Å². The quantitative estimate of drug-likeness (QED) is 0.753. The van der Waals surface area contributed by atoms with Crippen LogP contribution in [0.4, 0.5) is 11.5 Å². The van der Waals surface area contributed by atoms with Crippen molar-refractivity contribution >= 4 is 23.3 Å².